The fourth-order valence-corrected chi connectivity index (χ4v) is 5.15. The maximum Gasteiger partial charge on any atom is 0.288 e. The summed E-state index contributed by atoms with van der Waals surface area (Å²) in [5, 5.41) is 21.5. The number of nitro benzene ring substituents is 1. The van der Waals surface area contributed by atoms with Gasteiger partial charge in [0.15, 0.2) is 0 Å². The van der Waals surface area contributed by atoms with Crippen LogP contribution in [0.1, 0.15) is 32.1 Å². The van der Waals surface area contributed by atoms with Crippen LogP contribution in [0.2, 0.25) is 0 Å². The molecule has 9 nitrogen and oxygen atoms in total. The summed E-state index contributed by atoms with van der Waals surface area (Å²) in [6, 6.07) is 16.8. The van der Waals surface area contributed by atoms with Gasteiger partial charge >= 0.3 is 0 Å². The van der Waals surface area contributed by atoms with Crippen LogP contribution in [-0.2, 0) is 6.67 Å². The number of nitrogens with zero attached hydrogens (tertiary/aromatic N) is 4. The molecule has 1 fully saturated rings. The summed E-state index contributed by atoms with van der Waals surface area (Å²) in [5.74, 6) is 0.310. The zero-order valence-corrected chi connectivity index (χ0v) is 20.3. The summed E-state index contributed by atoms with van der Waals surface area (Å²) in [7, 11) is 0. The molecule has 0 unspecified atom stereocenters. The van der Waals surface area contributed by atoms with E-state index in [4.69, 9.17) is 21.6 Å². The van der Waals surface area contributed by atoms with Crippen LogP contribution in [0.15, 0.2) is 59.0 Å². The molecular weight excluding hydrogens is 476 g/mol. The molecule has 0 spiro atoms. The molecule has 0 bridgehead atoms. The first kappa shape index (κ1) is 22.6. The molecule has 3 aromatic heterocycles. The van der Waals surface area contributed by atoms with Gasteiger partial charge in [0.2, 0.25) is 0 Å². The van der Waals surface area contributed by atoms with Crippen molar-refractivity contribution < 1.29 is 9.34 Å². The lowest BCUT2D eigenvalue weighted by molar-refractivity contribution is -0.384. The van der Waals surface area contributed by atoms with E-state index in [1.807, 2.05) is 36.4 Å². The molecule has 2 aromatic carbocycles. The van der Waals surface area contributed by atoms with E-state index in [0.717, 1.165) is 34.6 Å². The highest BCUT2D eigenvalue weighted by atomic mass is 32.1. The number of non-ortho nitro benzene ring substituents is 1. The normalized spacial score (nSPS) is 14.6. The number of hydrogen-bond donors (Lipinski definition) is 2. The second kappa shape index (κ2) is 9.29. The van der Waals surface area contributed by atoms with Crippen LogP contribution in [0.25, 0.3) is 44.6 Å². The Labute approximate surface area is 211 Å². The molecule has 0 saturated heterocycles. The van der Waals surface area contributed by atoms with Crippen molar-refractivity contribution in [3.63, 3.8) is 0 Å². The minimum absolute atomic E-state index is 0.000406. The van der Waals surface area contributed by atoms with E-state index in [0.29, 0.717) is 35.6 Å². The predicted octanol–water partition coefficient (Wildman–Crippen LogP) is 6.36. The lowest BCUT2D eigenvalue weighted by Crippen LogP contribution is -2.33. The fourth-order valence-electron chi connectivity index (χ4n) is 4.96. The monoisotopic (exact) mass is 500 g/mol. The van der Waals surface area contributed by atoms with Crippen molar-refractivity contribution in [2.75, 3.05) is 0 Å². The third kappa shape index (κ3) is 4.18. The smallest absolute Gasteiger partial charge is 0.288 e. The number of rotatable bonds is 6. The van der Waals surface area contributed by atoms with Gasteiger partial charge in [-0.25, -0.2) is 9.67 Å². The second-order valence-electron chi connectivity index (χ2n) is 9.13. The average Bonchev–Trinajstić information content (AvgIpc) is 3.47. The maximum absolute atomic E-state index is 11.4. The Balaban J connectivity index is 1.46. The van der Waals surface area contributed by atoms with Gasteiger partial charge in [-0.2, -0.15) is 0 Å². The molecule has 1 saturated carbocycles. The van der Waals surface area contributed by atoms with Crippen molar-refractivity contribution in [1.82, 2.24) is 25.1 Å². The van der Waals surface area contributed by atoms with Crippen LogP contribution in [0.3, 0.4) is 0 Å². The Hall–Kier alpha value is -3.89. The van der Waals surface area contributed by atoms with E-state index < -0.39 is 4.92 Å². The van der Waals surface area contributed by atoms with Gasteiger partial charge in [-0.3, -0.25) is 15.4 Å². The number of hydrogen-bond acceptors (Lipinski definition) is 7. The van der Waals surface area contributed by atoms with Crippen LogP contribution >= 0.6 is 12.2 Å². The molecule has 2 N–H and O–H groups in total. The molecule has 10 heteroatoms. The first-order valence-electron chi connectivity index (χ1n) is 12.0. The first-order valence-corrected chi connectivity index (χ1v) is 12.5. The maximum atomic E-state index is 11.4. The summed E-state index contributed by atoms with van der Waals surface area (Å²) >= 11 is 5.45. The lowest BCUT2D eigenvalue weighted by atomic mass is 9.96. The van der Waals surface area contributed by atoms with Gasteiger partial charge in [0, 0.05) is 40.0 Å². The number of nitrogens with one attached hydrogen (secondary N) is 2. The zero-order chi connectivity index (χ0) is 24.6. The number of H-pyrrole nitrogens is 1. The Kier molecular flexibility index (Phi) is 5.82. The van der Waals surface area contributed by atoms with E-state index in [9.17, 15) is 10.1 Å². The third-order valence-corrected chi connectivity index (χ3v) is 7.08. The third-order valence-electron chi connectivity index (χ3n) is 6.79. The summed E-state index contributed by atoms with van der Waals surface area (Å²) < 4.78 is 7.52. The van der Waals surface area contributed by atoms with Crippen LogP contribution < -0.4 is 5.32 Å². The number of fused-ring (bicyclic) bond motifs is 3. The molecule has 5 aromatic rings. The van der Waals surface area contributed by atoms with Crippen molar-refractivity contribution in [1.29, 1.82) is 0 Å². The van der Waals surface area contributed by atoms with E-state index in [1.165, 1.54) is 31.4 Å². The predicted molar refractivity (Wildman–Crippen MR) is 140 cm³/mol. The summed E-state index contributed by atoms with van der Waals surface area (Å²) in [5.41, 5.74) is 3.45. The number of para-hydroxylation sites is 1. The summed E-state index contributed by atoms with van der Waals surface area (Å²) in [4.78, 5) is 19.6. The van der Waals surface area contributed by atoms with Crippen LogP contribution in [-0.4, -0.2) is 30.7 Å². The summed E-state index contributed by atoms with van der Waals surface area (Å²) in [6.45, 7) is 0.472. The molecule has 0 amide bonds. The molecule has 36 heavy (non-hydrogen) atoms. The Bertz CT molecular complexity index is 1650. The van der Waals surface area contributed by atoms with Gasteiger partial charge in [0.05, 0.1) is 22.8 Å². The Morgan fingerprint density at radius 2 is 1.94 bits per heavy atom. The standard InChI is InChI=1S/C26H24N6O3S/c33-32(34)18-10-6-7-16(13-18)23-24-20(19-11-4-5-12-21(19)28-24)14-22(29-23)25-30-31(26(36)35-25)15-27-17-8-2-1-3-9-17/h4-7,10-14,17,27-28H,1-3,8-9,15H2. The molecule has 1 aliphatic rings. The summed E-state index contributed by atoms with van der Waals surface area (Å²) in [6.07, 6.45) is 6.08. The van der Waals surface area contributed by atoms with E-state index >= 15 is 0 Å². The minimum atomic E-state index is -0.407. The van der Waals surface area contributed by atoms with Gasteiger partial charge in [-0.15, -0.1) is 5.10 Å². The second-order valence-corrected chi connectivity index (χ2v) is 9.48. The molecule has 3 heterocycles. The number of pyridine rings is 1. The topological polar surface area (TPSA) is 115 Å². The highest BCUT2D eigenvalue weighted by Crippen LogP contribution is 2.35. The van der Waals surface area contributed by atoms with Crippen LogP contribution in [0.5, 0.6) is 0 Å². The molecule has 1 aliphatic carbocycles. The minimum Gasteiger partial charge on any atom is -0.408 e. The van der Waals surface area contributed by atoms with Gasteiger partial charge in [-0.1, -0.05) is 49.6 Å². The molecule has 0 aliphatic heterocycles. The molecular formula is C26H24N6O3S. The highest BCUT2D eigenvalue weighted by Gasteiger charge is 2.20. The van der Waals surface area contributed by atoms with E-state index in [-0.39, 0.29) is 10.5 Å². The average molecular weight is 501 g/mol. The zero-order valence-electron chi connectivity index (χ0n) is 19.4. The number of aromatic amines is 1. The van der Waals surface area contributed by atoms with Crippen LogP contribution in [0, 0.1) is 15.0 Å². The van der Waals surface area contributed by atoms with Gasteiger partial charge in [0.1, 0.15) is 5.69 Å². The van der Waals surface area contributed by atoms with Gasteiger partial charge in [-0.05, 0) is 37.2 Å². The van der Waals surface area contributed by atoms with Crippen molar-refractivity contribution in [2.24, 2.45) is 0 Å². The van der Waals surface area contributed by atoms with Crippen molar-refractivity contribution in [3.05, 3.63) is 69.5 Å². The van der Waals surface area contributed by atoms with E-state index in [1.54, 1.807) is 10.7 Å². The lowest BCUT2D eigenvalue weighted by Gasteiger charge is -2.22. The number of nitro groups is 1. The number of aromatic nitrogens is 4. The van der Waals surface area contributed by atoms with Gasteiger partial charge in [0.25, 0.3) is 16.4 Å². The Morgan fingerprint density at radius 3 is 2.78 bits per heavy atom. The highest BCUT2D eigenvalue weighted by molar-refractivity contribution is 7.71. The fraction of sp³-hybridized carbons (Fsp3) is 0.269. The van der Waals surface area contributed by atoms with E-state index in [2.05, 4.69) is 15.4 Å². The van der Waals surface area contributed by atoms with Crippen molar-refractivity contribution >= 4 is 39.7 Å². The number of benzene rings is 2. The molecule has 0 radical (unpaired) electrons. The first-order chi connectivity index (χ1) is 17.6. The van der Waals surface area contributed by atoms with Gasteiger partial charge < -0.3 is 9.40 Å². The molecule has 0 atom stereocenters. The SMILES string of the molecule is O=[N+]([O-])c1cccc(-c2nc(-c3nn(CNC4CCCCC4)c(=S)o3)cc3c2[nH]c2ccccc23)c1. The molecule has 6 rings (SSSR count). The largest absolute Gasteiger partial charge is 0.408 e. The van der Waals surface area contributed by atoms with Crippen molar-refractivity contribution in [3.8, 4) is 22.8 Å². The molecule has 182 valence electrons. The van der Waals surface area contributed by atoms with Crippen molar-refractivity contribution in [2.45, 2.75) is 44.8 Å². The van der Waals surface area contributed by atoms with Crippen LogP contribution in [0.4, 0.5) is 5.69 Å². The Morgan fingerprint density at radius 1 is 1.11 bits per heavy atom. The quantitative estimate of drug-likeness (QED) is 0.158.